The molecule has 8 nitrogen and oxygen atoms in total. The summed E-state index contributed by atoms with van der Waals surface area (Å²) in [5.41, 5.74) is -1.60. The van der Waals surface area contributed by atoms with E-state index >= 15 is 4.39 Å². The molecule has 3 aliphatic rings. The third-order valence-corrected chi connectivity index (χ3v) is 12.6. The largest absolute Gasteiger partial charge is 0.409 e. The van der Waals surface area contributed by atoms with Gasteiger partial charge in [0.1, 0.15) is 12.3 Å². The highest BCUT2D eigenvalue weighted by Crippen LogP contribution is 2.71. The lowest BCUT2D eigenvalue weighted by Gasteiger charge is -2.41. The fraction of sp³-hybridized carbons (Fsp3) is 0.810. The van der Waals surface area contributed by atoms with Crippen molar-refractivity contribution in [2.45, 2.75) is 108 Å². The number of alkyl halides is 1. The van der Waals surface area contributed by atoms with Crippen molar-refractivity contribution in [1.29, 1.82) is 0 Å². The van der Waals surface area contributed by atoms with Crippen LogP contribution < -0.4 is 11.2 Å². The number of nitrogens with one attached hydrogen (secondary N) is 1. The molecule has 1 N–H and O–H groups in total. The van der Waals surface area contributed by atoms with Crippen LogP contribution in [-0.4, -0.2) is 49.5 Å². The topological polar surface area (TPSA) is 95.1 Å². The molecule has 2 saturated heterocycles. The molecule has 0 amide bonds. The molecule has 2 aliphatic heterocycles. The number of aryl methyl sites for hydroxylation is 1. The summed E-state index contributed by atoms with van der Waals surface area (Å²) < 4.78 is 42.5. The molecule has 0 unspecified atom stereocenters. The number of rotatable bonds is 5. The van der Waals surface area contributed by atoms with Gasteiger partial charge in [0.25, 0.3) is 17.2 Å². The van der Waals surface area contributed by atoms with Crippen LogP contribution in [0.25, 0.3) is 0 Å². The van der Waals surface area contributed by atoms with Crippen LogP contribution in [0.5, 0.6) is 0 Å². The molecule has 1 aromatic rings. The molecule has 1 saturated carbocycles. The van der Waals surface area contributed by atoms with Crippen LogP contribution in [0.2, 0.25) is 37.8 Å². The van der Waals surface area contributed by atoms with Gasteiger partial charge in [0.2, 0.25) is 0 Å². The fourth-order valence-corrected chi connectivity index (χ4v) is 7.58. The zero-order valence-electron chi connectivity index (χ0n) is 20.4. The van der Waals surface area contributed by atoms with Crippen molar-refractivity contribution in [2.75, 3.05) is 0 Å². The predicted octanol–water partition coefficient (Wildman–Crippen LogP) is 3.54. The number of aromatic amines is 1. The zero-order chi connectivity index (χ0) is 24.1. The van der Waals surface area contributed by atoms with Crippen LogP contribution in [0, 0.1) is 6.92 Å². The summed E-state index contributed by atoms with van der Waals surface area (Å²) in [6.45, 7) is 18.1. The average Bonchev–Trinajstić information content (AvgIpc) is 2.87. The molecule has 180 valence electrons. The Kier molecular flexibility index (Phi) is 5.05. The third-order valence-electron chi connectivity index (χ3n) is 7.13. The summed E-state index contributed by atoms with van der Waals surface area (Å²) in [6.07, 6.45) is 0.174. The van der Waals surface area contributed by atoms with E-state index < -0.39 is 57.5 Å². The van der Waals surface area contributed by atoms with Gasteiger partial charge in [-0.15, -0.1) is 0 Å². The van der Waals surface area contributed by atoms with Gasteiger partial charge in [-0.1, -0.05) is 20.8 Å². The lowest BCUT2D eigenvalue weighted by atomic mass is 9.96. The molecule has 1 aromatic heterocycles. The van der Waals surface area contributed by atoms with E-state index in [1.54, 1.807) is 6.92 Å². The SMILES string of the molecule is Cc1cn([C@H]2C[C@@]3(O[Si](C)(C)C)C[C@]4(F)O[C@]4(O[Si](C)(C)C(C)(C)C)[C@H]3O2)c(=O)[nH]c1=O. The summed E-state index contributed by atoms with van der Waals surface area (Å²) in [7, 11) is -4.58. The Morgan fingerprint density at radius 1 is 1.19 bits per heavy atom. The molecule has 0 bridgehead atoms. The molecule has 4 rings (SSSR count). The summed E-state index contributed by atoms with van der Waals surface area (Å²) in [5, 5.41) is -0.162. The predicted molar refractivity (Wildman–Crippen MR) is 122 cm³/mol. The van der Waals surface area contributed by atoms with E-state index in [-0.39, 0.29) is 17.9 Å². The van der Waals surface area contributed by atoms with Gasteiger partial charge < -0.3 is 18.3 Å². The van der Waals surface area contributed by atoms with Crippen molar-refractivity contribution in [3.8, 4) is 0 Å². The van der Waals surface area contributed by atoms with Gasteiger partial charge in [-0.2, -0.15) is 0 Å². The maximum absolute atomic E-state index is 15.9. The van der Waals surface area contributed by atoms with Gasteiger partial charge in [0, 0.05) is 24.6 Å². The van der Waals surface area contributed by atoms with E-state index in [0.717, 1.165) is 0 Å². The second-order valence-electron chi connectivity index (χ2n) is 12.0. The zero-order valence-corrected chi connectivity index (χ0v) is 22.4. The van der Waals surface area contributed by atoms with Gasteiger partial charge in [0.15, 0.2) is 16.6 Å². The number of aromatic nitrogens is 2. The minimum Gasteiger partial charge on any atom is -0.409 e. The van der Waals surface area contributed by atoms with Gasteiger partial charge in [-0.05, 0) is 44.7 Å². The van der Waals surface area contributed by atoms with Crippen LogP contribution >= 0.6 is 0 Å². The number of epoxide rings is 1. The quantitative estimate of drug-likeness (QED) is 0.505. The molecular weight excluding hydrogens is 451 g/mol. The van der Waals surface area contributed by atoms with Crippen LogP contribution in [-0.2, 0) is 18.3 Å². The monoisotopic (exact) mass is 486 g/mol. The average molecular weight is 487 g/mol. The van der Waals surface area contributed by atoms with Crippen molar-refractivity contribution in [3.05, 3.63) is 32.6 Å². The summed E-state index contributed by atoms with van der Waals surface area (Å²) in [4.78, 5) is 26.7. The highest BCUT2D eigenvalue weighted by atomic mass is 28.4. The molecule has 0 aromatic carbocycles. The van der Waals surface area contributed by atoms with Crippen LogP contribution in [0.1, 0.15) is 45.4 Å². The molecule has 0 radical (unpaired) electrons. The van der Waals surface area contributed by atoms with Gasteiger partial charge in [-0.3, -0.25) is 14.3 Å². The van der Waals surface area contributed by atoms with Gasteiger partial charge in [0.05, 0.1) is 5.60 Å². The Morgan fingerprint density at radius 3 is 2.38 bits per heavy atom. The van der Waals surface area contributed by atoms with Crippen molar-refractivity contribution in [2.24, 2.45) is 0 Å². The highest BCUT2D eigenvalue weighted by Gasteiger charge is 2.91. The van der Waals surface area contributed by atoms with E-state index in [4.69, 9.17) is 18.3 Å². The third kappa shape index (κ3) is 3.52. The maximum atomic E-state index is 15.9. The smallest absolute Gasteiger partial charge is 0.330 e. The molecule has 1 aliphatic carbocycles. The van der Waals surface area contributed by atoms with Crippen LogP contribution in [0.4, 0.5) is 4.39 Å². The van der Waals surface area contributed by atoms with E-state index in [9.17, 15) is 9.59 Å². The van der Waals surface area contributed by atoms with Gasteiger partial charge >= 0.3 is 5.69 Å². The second-order valence-corrected chi connectivity index (χ2v) is 21.1. The van der Waals surface area contributed by atoms with E-state index in [2.05, 4.69) is 25.8 Å². The molecule has 3 heterocycles. The first kappa shape index (κ1) is 24.0. The molecular formula is C21H35FN2O6Si2. The Labute approximate surface area is 189 Å². The first-order valence-corrected chi connectivity index (χ1v) is 17.4. The van der Waals surface area contributed by atoms with Crippen molar-refractivity contribution >= 4 is 16.6 Å². The lowest BCUT2D eigenvalue weighted by Crippen LogP contribution is -2.54. The second kappa shape index (κ2) is 6.73. The Bertz CT molecular complexity index is 1060. The number of hydrogen-bond acceptors (Lipinski definition) is 6. The summed E-state index contributed by atoms with van der Waals surface area (Å²) in [5.74, 6) is -3.53. The molecule has 32 heavy (non-hydrogen) atoms. The number of halogens is 1. The first-order valence-electron chi connectivity index (χ1n) is 11.1. The maximum Gasteiger partial charge on any atom is 0.330 e. The first-order chi connectivity index (χ1) is 14.3. The minimum atomic E-state index is -2.43. The normalized spacial score (nSPS) is 36.8. The van der Waals surface area contributed by atoms with E-state index in [1.165, 1.54) is 10.8 Å². The Balaban J connectivity index is 1.76. The fourth-order valence-electron chi connectivity index (χ4n) is 4.73. The van der Waals surface area contributed by atoms with Crippen molar-refractivity contribution in [1.82, 2.24) is 9.55 Å². The molecule has 11 heteroatoms. The number of nitrogens with zero attached hydrogens (tertiary/aromatic N) is 1. The Morgan fingerprint density at radius 2 is 1.81 bits per heavy atom. The Hall–Kier alpha value is -1.12. The molecule has 0 spiro atoms. The van der Waals surface area contributed by atoms with Crippen LogP contribution in [0.15, 0.2) is 15.8 Å². The lowest BCUT2D eigenvalue weighted by molar-refractivity contribution is -0.146. The number of H-pyrrole nitrogens is 1. The standard InChI is InChI=1S/C21H35FN2O6Si2/c1-13-11-24(17(26)23-15(13)25)14-10-19(29-31(5,6)7)12-20(22)21(28-20,16(19)27-14)30-32(8,9)18(2,3)4/h11,14,16H,10,12H2,1-9H3,(H,23,25,26)/t14-,16+,19-,20+,21+/m1/s1. The summed E-state index contributed by atoms with van der Waals surface area (Å²) in [6, 6.07) is 0. The minimum absolute atomic E-state index is 0.0167. The number of ether oxygens (including phenoxy) is 2. The van der Waals surface area contributed by atoms with E-state index in [1.807, 2.05) is 32.7 Å². The molecule has 3 fully saturated rings. The molecule has 5 atom stereocenters. The number of hydrogen-bond donors (Lipinski definition) is 1. The van der Waals surface area contributed by atoms with Gasteiger partial charge in [-0.25, -0.2) is 9.18 Å². The van der Waals surface area contributed by atoms with E-state index in [0.29, 0.717) is 5.56 Å². The van der Waals surface area contributed by atoms with Crippen molar-refractivity contribution < 1.29 is 22.7 Å². The van der Waals surface area contributed by atoms with Crippen LogP contribution in [0.3, 0.4) is 0 Å². The highest BCUT2D eigenvalue weighted by molar-refractivity contribution is 6.74. The summed E-state index contributed by atoms with van der Waals surface area (Å²) >= 11 is 0. The van der Waals surface area contributed by atoms with Crippen molar-refractivity contribution in [3.63, 3.8) is 0 Å². The number of fused-ring (bicyclic) bond motifs is 3.